The number of hydrogen-bond acceptors (Lipinski definition) is 7. The van der Waals surface area contributed by atoms with E-state index in [9.17, 15) is 18.0 Å². The van der Waals surface area contributed by atoms with E-state index < -0.39 is 12.1 Å². The van der Waals surface area contributed by atoms with E-state index in [0.29, 0.717) is 32.1 Å². The van der Waals surface area contributed by atoms with E-state index in [4.69, 9.17) is 4.98 Å². The number of hydrogen-bond donors (Lipinski definition) is 0. The minimum atomic E-state index is -4.80. The Hall–Kier alpha value is -3.08. The molecule has 0 radical (unpaired) electrons. The molecule has 8 nitrogen and oxygen atoms in total. The number of rotatable bonds is 4. The molecule has 3 heterocycles. The van der Waals surface area contributed by atoms with Crippen LogP contribution in [-0.2, 0) is 0 Å². The van der Waals surface area contributed by atoms with Crippen LogP contribution >= 0.6 is 0 Å². The molecule has 11 heteroatoms. The van der Waals surface area contributed by atoms with Crippen LogP contribution in [0.4, 0.5) is 24.9 Å². The summed E-state index contributed by atoms with van der Waals surface area (Å²) in [4.78, 5) is 30.4. The van der Waals surface area contributed by atoms with E-state index in [1.807, 2.05) is 17.9 Å². The average molecular weight is 464 g/mol. The fourth-order valence-corrected chi connectivity index (χ4v) is 3.99. The fourth-order valence-electron chi connectivity index (χ4n) is 3.99. The number of ether oxygens (including phenoxy) is 1. The van der Waals surface area contributed by atoms with Crippen LogP contribution in [0.3, 0.4) is 0 Å². The Balaban J connectivity index is 1.40. The standard InChI is InChI=1S/C22H27F3N6O2/c1-16-14-19(29-8-6-28(2)7-9-29)27-21(26-16)31-12-10-30(11-13-31)20(32)17-4-3-5-18(15-17)33-22(23,24)25/h3-5,14-15H,6-13H2,1-2H3. The monoisotopic (exact) mass is 464 g/mol. The maximum Gasteiger partial charge on any atom is 0.573 e. The average Bonchev–Trinajstić information content (AvgIpc) is 2.78. The van der Waals surface area contributed by atoms with Crippen molar-refractivity contribution in [2.24, 2.45) is 0 Å². The lowest BCUT2D eigenvalue weighted by Gasteiger charge is -2.36. The van der Waals surface area contributed by atoms with Gasteiger partial charge in [-0.25, -0.2) is 4.98 Å². The molecule has 0 spiro atoms. The SMILES string of the molecule is Cc1cc(N2CCN(C)CC2)nc(N2CCN(C(=O)c3cccc(OC(F)(F)F)c3)CC2)n1. The lowest BCUT2D eigenvalue weighted by atomic mass is 10.1. The molecule has 4 rings (SSSR count). The molecular weight excluding hydrogens is 437 g/mol. The van der Waals surface area contributed by atoms with Crippen LogP contribution in [0.2, 0.25) is 0 Å². The van der Waals surface area contributed by atoms with E-state index >= 15 is 0 Å². The van der Waals surface area contributed by atoms with E-state index in [1.54, 1.807) is 4.90 Å². The van der Waals surface area contributed by atoms with Gasteiger partial charge in [-0.2, -0.15) is 4.98 Å². The first kappa shape index (κ1) is 23.1. The molecule has 0 aliphatic carbocycles. The number of piperazine rings is 2. The van der Waals surface area contributed by atoms with Gasteiger partial charge in [0.25, 0.3) is 5.91 Å². The van der Waals surface area contributed by atoms with Crippen LogP contribution in [0.25, 0.3) is 0 Å². The van der Waals surface area contributed by atoms with Crippen molar-refractivity contribution in [2.45, 2.75) is 13.3 Å². The van der Waals surface area contributed by atoms with Gasteiger partial charge in [0.15, 0.2) is 0 Å². The van der Waals surface area contributed by atoms with Crippen molar-refractivity contribution >= 4 is 17.7 Å². The largest absolute Gasteiger partial charge is 0.573 e. The van der Waals surface area contributed by atoms with E-state index in [2.05, 4.69) is 26.6 Å². The Bertz CT molecular complexity index is 986. The third kappa shape index (κ3) is 5.84. The van der Waals surface area contributed by atoms with Gasteiger partial charge in [-0.15, -0.1) is 13.2 Å². The topological polar surface area (TPSA) is 65.0 Å². The van der Waals surface area contributed by atoms with Crippen LogP contribution in [0, 0.1) is 6.92 Å². The second-order valence-corrected chi connectivity index (χ2v) is 8.31. The predicted octanol–water partition coefficient (Wildman–Crippen LogP) is 2.40. The number of carbonyl (C=O) groups is 1. The van der Waals surface area contributed by atoms with Crippen LogP contribution in [0.5, 0.6) is 5.75 Å². The number of anilines is 2. The lowest BCUT2D eigenvalue weighted by Crippen LogP contribution is -2.49. The van der Waals surface area contributed by atoms with Gasteiger partial charge in [-0.05, 0) is 32.2 Å². The Labute approximate surface area is 190 Å². The second kappa shape index (κ2) is 9.42. The third-order valence-electron chi connectivity index (χ3n) is 5.82. The zero-order valence-corrected chi connectivity index (χ0v) is 18.7. The summed E-state index contributed by atoms with van der Waals surface area (Å²) in [7, 11) is 2.11. The smallest absolute Gasteiger partial charge is 0.406 e. The summed E-state index contributed by atoms with van der Waals surface area (Å²) in [5, 5.41) is 0. The Morgan fingerprint density at radius 3 is 2.27 bits per heavy atom. The van der Waals surface area contributed by atoms with Gasteiger partial charge in [-0.1, -0.05) is 6.07 Å². The van der Waals surface area contributed by atoms with Crippen molar-refractivity contribution in [3.05, 3.63) is 41.6 Å². The van der Waals surface area contributed by atoms with Crippen molar-refractivity contribution < 1.29 is 22.7 Å². The molecule has 0 saturated carbocycles. The summed E-state index contributed by atoms with van der Waals surface area (Å²) in [6.07, 6.45) is -4.80. The Morgan fingerprint density at radius 1 is 0.939 bits per heavy atom. The number of aromatic nitrogens is 2. The van der Waals surface area contributed by atoms with Gasteiger partial charge < -0.3 is 24.3 Å². The molecule has 2 aromatic rings. The molecule has 33 heavy (non-hydrogen) atoms. The molecular formula is C22H27F3N6O2. The first-order valence-corrected chi connectivity index (χ1v) is 10.9. The number of amides is 1. The summed E-state index contributed by atoms with van der Waals surface area (Å²) in [6, 6.07) is 7.16. The highest BCUT2D eigenvalue weighted by Crippen LogP contribution is 2.25. The normalized spacial score (nSPS) is 17.9. The molecule has 2 aliphatic rings. The van der Waals surface area contributed by atoms with Crippen molar-refractivity contribution in [2.75, 3.05) is 69.2 Å². The summed E-state index contributed by atoms with van der Waals surface area (Å²) >= 11 is 0. The van der Waals surface area contributed by atoms with Gasteiger partial charge in [0.2, 0.25) is 5.95 Å². The molecule has 2 saturated heterocycles. The highest BCUT2D eigenvalue weighted by Gasteiger charge is 2.31. The van der Waals surface area contributed by atoms with Crippen molar-refractivity contribution in [1.82, 2.24) is 19.8 Å². The van der Waals surface area contributed by atoms with Gasteiger partial charge in [0.05, 0.1) is 0 Å². The Morgan fingerprint density at radius 2 is 1.61 bits per heavy atom. The molecule has 0 bridgehead atoms. The van der Waals surface area contributed by atoms with Crippen molar-refractivity contribution in [1.29, 1.82) is 0 Å². The highest BCUT2D eigenvalue weighted by atomic mass is 19.4. The molecule has 0 atom stereocenters. The fraction of sp³-hybridized carbons (Fsp3) is 0.500. The number of alkyl halides is 3. The van der Waals surface area contributed by atoms with Crippen molar-refractivity contribution in [3.63, 3.8) is 0 Å². The molecule has 1 amide bonds. The molecule has 2 fully saturated rings. The van der Waals surface area contributed by atoms with Gasteiger partial charge >= 0.3 is 6.36 Å². The number of halogens is 3. The summed E-state index contributed by atoms with van der Waals surface area (Å²) in [5.41, 5.74) is 1.04. The van der Waals surface area contributed by atoms with Crippen LogP contribution in [0.1, 0.15) is 16.1 Å². The number of nitrogens with zero attached hydrogens (tertiary/aromatic N) is 6. The number of aryl methyl sites for hydroxylation is 1. The highest BCUT2D eigenvalue weighted by molar-refractivity contribution is 5.94. The maximum atomic E-state index is 12.8. The molecule has 1 aromatic carbocycles. The third-order valence-corrected chi connectivity index (χ3v) is 5.82. The second-order valence-electron chi connectivity index (χ2n) is 8.31. The molecule has 1 aromatic heterocycles. The molecule has 0 N–H and O–H groups in total. The minimum absolute atomic E-state index is 0.161. The first-order chi connectivity index (χ1) is 15.7. The predicted molar refractivity (Wildman–Crippen MR) is 118 cm³/mol. The van der Waals surface area contributed by atoms with Gasteiger partial charge in [-0.3, -0.25) is 4.79 Å². The first-order valence-electron chi connectivity index (χ1n) is 10.9. The van der Waals surface area contributed by atoms with Crippen LogP contribution < -0.4 is 14.5 Å². The van der Waals surface area contributed by atoms with E-state index in [-0.39, 0.29) is 11.5 Å². The van der Waals surface area contributed by atoms with Crippen molar-refractivity contribution in [3.8, 4) is 5.75 Å². The lowest BCUT2D eigenvalue weighted by molar-refractivity contribution is -0.274. The van der Waals surface area contributed by atoms with E-state index in [1.165, 1.54) is 18.2 Å². The zero-order valence-electron chi connectivity index (χ0n) is 18.7. The quantitative estimate of drug-likeness (QED) is 0.689. The van der Waals surface area contributed by atoms with Gasteiger partial charge in [0.1, 0.15) is 11.6 Å². The zero-order chi connectivity index (χ0) is 23.6. The Kier molecular flexibility index (Phi) is 6.59. The summed E-state index contributed by atoms with van der Waals surface area (Å²) in [5.74, 6) is 0.810. The number of likely N-dealkylation sites (N-methyl/N-ethyl adjacent to an activating group) is 1. The van der Waals surface area contributed by atoms with Gasteiger partial charge in [0, 0.05) is 69.7 Å². The molecule has 0 unspecified atom stereocenters. The van der Waals surface area contributed by atoms with E-state index in [0.717, 1.165) is 43.8 Å². The maximum absolute atomic E-state index is 12.8. The summed E-state index contributed by atoms with van der Waals surface area (Å²) in [6.45, 7) is 7.64. The number of benzene rings is 1. The molecule has 178 valence electrons. The van der Waals surface area contributed by atoms with Crippen LogP contribution in [-0.4, -0.2) is 91.4 Å². The number of carbonyl (C=O) groups excluding carboxylic acids is 1. The minimum Gasteiger partial charge on any atom is -0.406 e. The van der Waals surface area contributed by atoms with Crippen LogP contribution in [0.15, 0.2) is 30.3 Å². The molecule has 2 aliphatic heterocycles. The summed E-state index contributed by atoms with van der Waals surface area (Å²) < 4.78 is 41.4.